The molecule has 3 unspecified atom stereocenters. The lowest BCUT2D eigenvalue weighted by atomic mass is 10.1. The van der Waals surface area contributed by atoms with Crippen molar-refractivity contribution in [1.82, 2.24) is 19.9 Å². The molecule has 0 bridgehead atoms. The molecule has 0 aromatic carbocycles. The van der Waals surface area contributed by atoms with Crippen LogP contribution in [0.3, 0.4) is 0 Å². The molecule has 3 N–H and O–H groups in total. The van der Waals surface area contributed by atoms with Crippen molar-refractivity contribution in [2.75, 3.05) is 19.7 Å². The van der Waals surface area contributed by atoms with Crippen molar-refractivity contribution >= 4 is 0 Å². The van der Waals surface area contributed by atoms with Crippen LogP contribution in [0.2, 0.25) is 0 Å². The van der Waals surface area contributed by atoms with Crippen LogP contribution >= 0.6 is 0 Å². The highest BCUT2D eigenvalue weighted by molar-refractivity contribution is 5.12. The van der Waals surface area contributed by atoms with Crippen LogP contribution < -0.4 is 11.3 Å². The van der Waals surface area contributed by atoms with Crippen molar-refractivity contribution in [1.29, 1.82) is 0 Å². The molecule has 3 atom stereocenters. The van der Waals surface area contributed by atoms with Crippen LogP contribution in [0.25, 0.3) is 0 Å². The number of nitrogens with two attached hydrogens (primary N) is 1. The summed E-state index contributed by atoms with van der Waals surface area (Å²) in [6.07, 6.45) is 4.53. The molecule has 0 saturated carbocycles. The molecule has 2 saturated heterocycles. The Morgan fingerprint density at radius 2 is 2.42 bits per heavy atom. The summed E-state index contributed by atoms with van der Waals surface area (Å²) in [5, 5.41) is 0. The SMILES string of the molecule is Cc1ncc(C(NN)C2CN3CCCC3CO2)n1C. The number of hydrogen-bond acceptors (Lipinski definition) is 5. The van der Waals surface area contributed by atoms with E-state index in [1.807, 2.05) is 20.2 Å². The third kappa shape index (κ3) is 2.29. The molecule has 0 radical (unpaired) electrons. The molecule has 2 fully saturated rings. The number of nitrogens with one attached hydrogen (secondary N) is 1. The van der Waals surface area contributed by atoms with Crippen molar-refractivity contribution in [3.05, 3.63) is 17.7 Å². The largest absolute Gasteiger partial charge is 0.373 e. The highest BCUT2D eigenvalue weighted by atomic mass is 16.5. The monoisotopic (exact) mass is 265 g/mol. The zero-order valence-corrected chi connectivity index (χ0v) is 11.7. The van der Waals surface area contributed by atoms with Gasteiger partial charge in [-0.1, -0.05) is 0 Å². The predicted octanol–water partition coefficient (Wildman–Crippen LogP) is 0.0961. The smallest absolute Gasteiger partial charge is 0.105 e. The first-order valence-corrected chi connectivity index (χ1v) is 7.00. The average Bonchev–Trinajstić information content (AvgIpc) is 3.00. The minimum Gasteiger partial charge on any atom is -0.373 e. The molecule has 2 aliphatic heterocycles. The van der Waals surface area contributed by atoms with Gasteiger partial charge in [-0.2, -0.15) is 0 Å². The summed E-state index contributed by atoms with van der Waals surface area (Å²) in [6.45, 7) is 4.95. The standard InChI is InChI=1S/C13H23N5O/c1-9-15-6-11(17(9)2)13(16-14)12-7-18-5-3-4-10(18)8-19-12/h6,10,12-13,16H,3-5,7-8,14H2,1-2H3. The maximum absolute atomic E-state index is 6.04. The molecule has 2 aliphatic rings. The van der Waals surface area contributed by atoms with Crippen LogP contribution in [0.1, 0.15) is 30.4 Å². The highest BCUT2D eigenvalue weighted by Gasteiger charge is 2.36. The number of imidazole rings is 1. The Kier molecular flexibility index (Phi) is 3.58. The fourth-order valence-electron chi connectivity index (χ4n) is 3.24. The number of morpholine rings is 1. The number of ether oxygens (including phenoxy) is 1. The maximum Gasteiger partial charge on any atom is 0.105 e. The first kappa shape index (κ1) is 13.1. The summed E-state index contributed by atoms with van der Waals surface area (Å²) in [7, 11) is 2.02. The Morgan fingerprint density at radius 1 is 1.58 bits per heavy atom. The quantitative estimate of drug-likeness (QED) is 0.599. The first-order chi connectivity index (χ1) is 9.20. The van der Waals surface area contributed by atoms with E-state index in [1.165, 1.54) is 19.4 Å². The van der Waals surface area contributed by atoms with E-state index in [4.69, 9.17) is 10.6 Å². The normalized spacial score (nSPS) is 29.4. The summed E-state index contributed by atoms with van der Waals surface area (Å²) < 4.78 is 8.11. The van der Waals surface area contributed by atoms with E-state index in [-0.39, 0.29) is 12.1 Å². The number of aromatic nitrogens is 2. The lowest BCUT2D eigenvalue weighted by molar-refractivity contribution is -0.0662. The molecule has 0 amide bonds. The van der Waals surface area contributed by atoms with Gasteiger partial charge in [0.15, 0.2) is 0 Å². The van der Waals surface area contributed by atoms with E-state index in [0.717, 1.165) is 24.7 Å². The maximum atomic E-state index is 6.04. The second-order valence-electron chi connectivity index (χ2n) is 5.60. The fraction of sp³-hybridized carbons (Fsp3) is 0.769. The Bertz CT molecular complexity index is 446. The number of aryl methyl sites for hydroxylation is 1. The van der Waals surface area contributed by atoms with Gasteiger partial charge in [-0.25, -0.2) is 10.4 Å². The van der Waals surface area contributed by atoms with Crippen molar-refractivity contribution < 1.29 is 4.74 Å². The van der Waals surface area contributed by atoms with Gasteiger partial charge in [0.05, 0.1) is 30.6 Å². The van der Waals surface area contributed by atoms with Crippen LogP contribution in [0.15, 0.2) is 6.20 Å². The summed E-state index contributed by atoms with van der Waals surface area (Å²) in [4.78, 5) is 6.87. The Morgan fingerprint density at radius 3 is 3.11 bits per heavy atom. The van der Waals surface area contributed by atoms with Gasteiger partial charge in [0.2, 0.25) is 0 Å². The third-order valence-electron chi connectivity index (χ3n) is 4.54. The van der Waals surface area contributed by atoms with Crippen molar-refractivity contribution in [2.24, 2.45) is 12.9 Å². The van der Waals surface area contributed by atoms with Gasteiger partial charge in [-0.3, -0.25) is 10.7 Å². The second-order valence-corrected chi connectivity index (χ2v) is 5.60. The Balaban J connectivity index is 1.77. The molecule has 6 nitrogen and oxygen atoms in total. The van der Waals surface area contributed by atoms with Crippen LogP contribution in [-0.2, 0) is 11.8 Å². The minimum absolute atomic E-state index is 0.00671. The van der Waals surface area contributed by atoms with Crippen LogP contribution in [-0.4, -0.2) is 46.3 Å². The molecule has 19 heavy (non-hydrogen) atoms. The van der Waals surface area contributed by atoms with Crippen LogP contribution in [0, 0.1) is 6.92 Å². The van der Waals surface area contributed by atoms with Gasteiger partial charge in [-0.05, 0) is 26.3 Å². The topological polar surface area (TPSA) is 68.3 Å². The van der Waals surface area contributed by atoms with E-state index in [0.29, 0.717) is 6.04 Å². The number of hydrazine groups is 1. The average molecular weight is 265 g/mol. The number of nitrogens with zero attached hydrogens (tertiary/aromatic N) is 3. The van der Waals surface area contributed by atoms with E-state index < -0.39 is 0 Å². The summed E-state index contributed by atoms with van der Waals surface area (Å²) in [5.41, 5.74) is 4.00. The molecule has 1 aromatic heterocycles. The van der Waals surface area contributed by atoms with Crippen LogP contribution in [0.5, 0.6) is 0 Å². The molecular weight excluding hydrogens is 242 g/mol. The van der Waals surface area contributed by atoms with E-state index in [9.17, 15) is 0 Å². The lowest BCUT2D eigenvalue weighted by Crippen LogP contribution is -2.52. The molecule has 1 aromatic rings. The van der Waals surface area contributed by atoms with Crippen molar-refractivity contribution in [2.45, 2.75) is 38.0 Å². The van der Waals surface area contributed by atoms with Gasteiger partial charge in [0.1, 0.15) is 5.82 Å². The van der Waals surface area contributed by atoms with E-state index in [1.54, 1.807) is 0 Å². The summed E-state index contributed by atoms with van der Waals surface area (Å²) in [5.74, 6) is 6.75. The molecule has 0 aliphatic carbocycles. The number of rotatable bonds is 3. The molecule has 3 rings (SSSR count). The number of hydrogen-bond donors (Lipinski definition) is 2. The fourth-order valence-corrected chi connectivity index (χ4v) is 3.24. The van der Waals surface area contributed by atoms with Gasteiger partial charge >= 0.3 is 0 Å². The van der Waals surface area contributed by atoms with E-state index in [2.05, 4.69) is 19.9 Å². The van der Waals surface area contributed by atoms with Gasteiger partial charge in [0.25, 0.3) is 0 Å². The Labute approximate surface area is 113 Å². The van der Waals surface area contributed by atoms with Gasteiger partial charge in [-0.15, -0.1) is 0 Å². The van der Waals surface area contributed by atoms with Gasteiger partial charge < -0.3 is 9.30 Å². The van der Waals surface area contributed by atoms with E-state index >= 15 is 0 Å². The Hall–Kier alpha value is -0.950. The predicted molar refractivity (Wildman–Crippen MR) is 72.3 cm³/mol. The molecule has 106 valence electrons. The number of fused-ring (bicyclic) bond motifs is 1. The second kappa shape index (κ2) is 5.20. The minimum atomic E-state index is -0.00671. The highest BCUT2D eigenvalue weighted by Crippen LogP contribution is 2.28. The first-order valence-electron chi connectivity index (χ1n) is 7.00. The summed E-state index contributed by atoms with van der Waals surface area (Å²) in [6, 6.07) is 0.607. The molecular formula is C13H23N5O. The van der Waals surface area contributed by atoms with Gasteiger partial charge in [0, 0.05) is 19.6 Å². The zero-order valence-electron chi connectivity index (χ0n) is 11.7. The summed E-state index contributed by atoms with van der Waals surface area (Å²) >= 11 is 0. The van der Waals surface area contributed by atoms with Crippen molar-refractivity contribution in [3.8, 4) is 0 Å². The van der Waals surface area contributed by atoms with Crippen molar-refractivity contribution in [3.63, 3.8) is 0 Å². The molecule has 3 heterocycles. The molecule has 6 heteroatoms. The van der Waals surface area contributed by atoms with Crippen LogP contribution in [0.4, 0.5) is 0 Å². The zero-order chi connectivity index (χ0) is 13.4. The lowest BCUT2D eigenvalue weighted by Gasteiger charge is -2.38. The third-order valence-corrected chi connectivity index (χ3v) is 4.54. The molecule has 0 spiro atoms.